The van der Waals surface area contributed by atoms with Crippen LogP contribution in [0.4, 0.5) is 5.69 Å². The van der Waals surface area contributed by atoms with E-state index >= 15 is 0 Å². The zero-order valence-corrected chi connectivity index (χ0v) is 19.1. The molecule has 1 fully saturated rings. The van der Waals surface area contributed by atoms with Gasteiger partial charge in [-0.1, -0.05) is 38.2 Å². The number of nitrogens with zero attached hydrogens (tertiary/aromatic N) is 4. The number of rotatable bonds is 7. The molecular weight excluding hydrogens is 376 g/mol. The van der Waals surface area contributed by atoms with Crippen LogP contribution in [0.25, 0.3) is 11.0 Å². The SMILES string of the molecule is CCN1CCN(c2cc3ncn(COCC[Si](C)(C)C)c3cc2Cl)C(C)C1. The van der Waals surface area contributed by atoms with Crippen molar-refractivity contribution in [1.29, 1.82) is 0 Å². The Hall–Kier alpha value is -1.08. The van der Waals surface area contributed by atoms with Gasteiger partial charge in [0.1, 0.15) is 6.73 Å². The fourth-order valence-corrected chi connectivity index (χ4v) is 4.63. The lowest BCUT2D eigenvalue weighted by molar-refractivity contribution is 0.0898. The van der Waals surface area contributed by atoms with Crippen molar-refractivity contribution in [2.75, 3.05) is 37.7 Å². The molecule has 5 nitrogen and oxygen atoms in total. The van der Waals surface area contributed by atoms with Crippen molar-refractivity contribution >= 4 is 36.4 Å². The highest BCUT2D eigenvalue weighted by Gasteiger charge is 2.25. The lowest BCUT2D eigenvalue weighted by atomic mass is 10.1. The molecule has 1 unspecified atom stereocenters. The Bertz CT molecular complexity index is 773. The van der Waals surface area contributed by atoms with E-state index in [1.54, 1.807) is 0 Å². The zero-order chi connectivity index (χ0) is 19.6. The van der Waals surface area contributed by atoms with Gasteiger partial charge in [-0.25, -0.2) is 4.98 Å². The minimum absolute atomic E-state index is 0.445. The van der Waals surface area contributed by atoms with Crippen molar-refractivity contribution in [3.8, 4) is 0 Å². The Morgan fingerprint density at radius 2 is 2.04 bits per heavy atom. The van der Waals surface area contributed by atoms with Gasteiger partial charge in [-0.15, -0.1) is 0 Å². The Morgan fingerprint density at radius 3 is 2.70 bits per heavy atom. The lowest BCUT2D eigenvalue weighted by Gasteiger charge is -2.41. The van der Waals surface area contributed by atoms with E-state index in [0.29, 0.717) is 12.8 Å². The molecular formula is C20H33ClN4OSi. The number of anilines is 1. The number of piperazine rings is 1. The van der Waals surface area contributed by atoms with Gasteiger partial charge < -0.3 is 14.2 Å². The van der Waals surface area contributed by atoms with Gasteiger partial charge in [0.2, 0.25) is 0 Å². The Balaban J connectivity index is 1.73. The van der Waals surface area contributed by atoms with E-state index < -0.39 is 8.07 Å². The van der Waals surface area contributed by atoms with Crippen LogP contribution in [-0.4, -0.2) is 61.4 Å². The first kappa shape index (κ1) is 20.6. The van der Waals surface area contributed by atoms with Gasteiger partial charge in [-0.2, -0.15) is 0 Å². The van der Waals surface area contributed by atoms with Crippen LogP contribution in [-0.2, 0) is 11.5 Å². The van der Waals surface area contributed by atoms with Gasteiger partial charge in [-0.3, -0.25) is 4.90 Å². The number of hydrogen-bond acceptors (Lipinski definition) is 4. The molecule has 27 heavy (non-hydrogen) atoms. The molecule has 0 amide bonds. The maximum Gasteiger partial charge on any atom is 0.124 e. The fourth-order valence-electron chi connectivity index (χ4n) is 3.61. The molecule has 150 valence electrons. The van der Waals surface area contributed by atoms with Crippen molar-refractivity contribution in [2.45, 2.75) is 52.3 Å². The summed E-state index contributed by atoms with van der Waals surface area (Å²) < 4.78 is 7.94. The summed E-state index contributed by atoms with van der Waals surface area (Å²) in [5, 5.41) is 0.795. The van der Waals surface area contributed by atoms with Crippen molar-refractivity contribution in [2.24, 2.45) is 0 Å². The molecule has 0 saturated carbocycles. The maximum absolute atomic E-state index is 6.69. The number of halogens is 1. The first-order valence-electron chi connectivity index (χ1n) is 9.99. The molecule has 1 atom stereocenters. The minimum atomic E-state index is -1.06. The van der Waals surface area contributed by atoms with Gasteiger partial charge in [-0.05, 0) is 31.6 Å². The van der Waals surface area contributed by atoms with Crippen LogP contribution in [0, 0.1) is 0 Å². The molecule has 2 aromatic rings. The highest BCUT2D eigenvalue weighted by molar-refractivity contribution is 6.76. The Morgan fingerprint density at radius 1 is 1.26 bits per heavy atom. The van der Waals surface area contributed by atoms with Gasteiger partial charge in [0.15, 0.2) is 0 Å². The summed E-state index contributed by atoms with van der Waals surface area (Å²) >= 11 is 6.69. The molecule has 0 N–H and O–H groups in total. The number of fused-ring (bicyclic) bond motifs is 1. The van der Waals surface area contributed by atoms with Crippen molar-refractivity contribution in [1.82, 2.24) is 14.5 Å². The van der Waals surface area contributed by atoms with Crippen LogP contribution in [0.15, 0.2) is 18.5 Å². The molecule has 0 aliphatic carbocycles. The molecule has 1 aromatic heterocycles. The molecule has 1 aromatic carbocycles. The second-order valence-electron chi connectivity index (χ2n) is 8.79. The van der Waals surface area contributed by atoms with Crippen LogP contribution in [0.1, 0.15) is 13.8 Å². The number of hydrogen-bond donors (Lipinski definition) is 0. The average Bonchev–Trinajstić information content (AvgIpc) is 2.99. The number of benzene rings is 1. The standard InChI is InChI=1S/C20H33ClN4OSi/c1-6-23-7-8-25(16(2)13-23)19-12-18-20(11-17(19)21)24(14-22-18)15-26-9-10-27(3,4)5/h11-12,14,16H,6-10,13,15H2,1-5H3. The average molecular weight is 409 g/mol. The fraction of sp³-hybridized carbons (Fsp3) is 0.650. The van der Waals surface area contributed by atoms with Gasteiger partial charge in [0, 0.05) is 40.4 Å². The predicted molar refractivity (Wildman–Crippen MR) is 118 cm³/mol. The molecule has 1 aliphatic rings. The molecule has 2 heterocycles. The maximum atomic E-state index is 6.69. The van der Waals surface area contributed by atoms with E-state index in [-0.39, 0.29) is 0 Å². The van der Waals surface area contributed by atoms with Gasteiger partial charge >= 0.3 is 0 Å². The van der Waals surface area contributed by atoms with E-state index in [1.807, 2.05) is 17.0 Å². The number of likely N-dealkylation sites (N-methyl/N-ethyl adjacent to an activating group) is 1. The van der Waals surface area contributed by atoms with Crippen LogP contribution in [0.2, 0.25) is 30.7 Å². The normalized spacial score (nSPS) is 19.2. The van der Waals surface area contributed by atoms with Crippen molar-refractivity contribution in [3.63, 3.8) is 0 Å². The highest BCUT2D eigenvalue weighted by atomic mass is 35.5. The minimum Gasteiger partial charge on any atom is -0.365 e. The summed E-state index contributed by atoms with van der Waals surface area (Å²) in [6.45, 7) is 17.2. The molecule has 0 spiro atoms. The molecule has 3 rings (SSSR count). The van der Waals surface area contributed by atoms with Gasteiger partial charge in [0.25, 0.3) is 0 Å². The predicted octanol–water partition coefficient (Wildman–Crippen LogP) is 4.53. The summed E-state index contributed by atoms with van der Waals surface area (Å²) in [6, 6.07) is 5.79. The monoisotopic (exact) mass is 408 g/mol. The number of ether oxygens (including phenoxy) is 1. The van der Waals surface area contributed by atoms with Crippen LogP contribution in [0.5, 0.6) is 0 Å². The second-order valence-corrected chi connectivity index (χ2v) is 14.8. The van der Waals surface area contributed by atoms with Gasteiger partial charge in [0.05, 0.1) is 28.1 Å². The van der Waals surface area contributed by atoms with Crippen molar-refractivity contribution < 1.29 is 4.74 Å². The van der Waals surface area contributed by atoms with E-state index in [9.17, 15) is 0 Å². The lowest BCUT2D eigenvalue weighted by Crippen LogP contribution is -2.51. The van der Waals surface area contributed by atoms with E-state index in [0.717, 1.165) is 54.5 Å². The summed E-state index contributed by atoms with van der Waals surface area (Å²) in [7, 11) is -1.06. The number of aromatic nitrogens is 2. The third-order valence-corrected chi connectivity index (χ3v) is 7.39. The molecule has 7 heteroatoms. The third-order valence-electron chi connectivity index (χ3n) is 5.38. The molecule has 0 bridgehead atoms. The van der Waals surface area contributed by atoms with E-state index in [4.69, 9.17) is 16.3 Å². The van der Waals surface area contributed by atoms with E-state index in [1.165, 1.54) is 6.04 Å². The van der Waals surface area contributed by atoms with Crippen LogP contribution < -0.4 is 4.90 Å². The molecule has 1 aliphatic heterocycles. The van der Waals surface area contributed by atoms with Crippen LogP contribution >= 0.6 is 11.6 Å². The first-order chi connectivity index (χ1) is 12.8. The summed E-state index contributed by atoms with van der Waals surface area (Å²) in [5.41, 5.74) is 3.11. The summed E-state index contributed by atoms with van der Waals surface area (Å²) in [6.07, 6.45) is 1.86. The summed E-state index contributed by atoms with van der Waals surface area (Å²) in [5.74, 6) is 0. The molecule has 1 saturated heterocycles. The van der Waals surface area contributed by atoms with Crippen LogP contribution in [0.3, 0.4) is 0 Å². The first-order valence-corrected chi connectivity index (χ1v) is 14.1. The Labute approximate surface area is 169 Å². The highest BCUT2D eigenvalue weighted by Crippen LogP contribution is 2.33. The topological polar surface area (TPSA) is 33.5 Å². The van der Waals surface area contributed by atoms with E-state index in [2.05, 4.69) is 54.3 Å². The third kappa shape index (κ3) is 5.05. The van der Waals surface area contributed by atoms with Crippen molar-refractivity contribution in [3.05, 3.63) is 23.5 Å². The Kier molecular flexibility index (Phi) is 6.51. The second kappa shape index (κ2) is 8.51. The zero-order valence-electron chi connectivity index (χ0n) is 17.3. The number of imidazole rings is 1. The summed E-state index contributed by atoms with van der Waals surface area (Å²) in [4.78, 5) is 9.50. The largest absolute Gasteiger partial charge is 0.365 e. The quantitative estimate of drug-likeness (QED) is 0.497. The molecule has 0 radical (unpaired) electrons. The smallest absolute Gasteiger partial charge is 0.124 e.